The van der Waals surface area contributed by atoms with Crippen molar-refractivity contribution >= 4 is 23.0 Å². The SMILES string of the molecule is C#Cc1ccc(Nc2c(C(=O)N3CCNCC3)cc(NCC)c(C#C)c2F)c(C)c1. The summed E-state index contributed by atoms with van der Waals surface area (Å²) in [5.74, 6) is 4.13. The average molecular weight is 404 g/mol. The molecule has 0 aromatic heterocycles. The Labute approximate surface area is 177 Å². The fourth-order valence-electron chi connectivity index (χ4n) is 3.48. The summed E-state index contributed by atoms with van der Waals surface area (Å²) in [5.41, 5.74) is 3.05. The van der Waals surface area contributed by atoms with Gasteiger partial charge in [-0.1, -0.05) is 11.8 Å². The smallest absolute Gasteiger partial charge is 0.256 e. The summed E-state index contributed by atoms with van der Waals surface area (Å²) in [6.45, 7) is 6.83. The Morgan fingerprint density at radius 3 is 2.53 bits per heavy atom. The number of benzene rings is 2. The molecule has 5 nitrogen and oxygen atoms in total. The molecule has 3 rings (SSSR count). The third-order valence-corrected chi connectivity index (χ3v) is 5.07. The zero-order valence-electron chi connectivity index (χ0n) is 17.2. The van der Waals surface area contributed by atoms with Gasteiger partial charge in [0.15, 0.2) is 5.82 Å². The van der Waals surface area contributed by atoms with Crippen molar-refractivity contribution in [2.24, 2.45) is 0 Å². The van der Waals surface area contributed by atoms with E-state index in [9.17, 15) is 4.79 Å². The molecule has 1 heterocycles. The van der Waals surface area contributed by atoms with Gasteiger partial charge in [0.1, 0.15) is 0 Å². The van der Waals surface area contributed by atoms with E-state index in [0.29, 0.717) is 44.1 Å². The standard InChI is InChI=1S/C24H25FN4O/c1-5-17-8-9-20(16(4)14-17)28-23-19(24(30)29-12-10-26-11-13-29)15-21(27-7-3)18(6-2)22(23)25/h1-2,8-9,14-15,26-28H,7,10-13H2,3-4H3. The van der Waals surface area contributed by atoms with Crippen molar-refractivity contribution in [1.82, 2.24) is 10.2 Å². The van der Waals surface area contributed by atoms with Crippen LogP contribution in [0.25, 0.3) is 0 Å². The molecular weight excluding hydrogens is 379 g/mol. The van der Waals surface area contributed by atoms with Crippen LogP contribution in [-0.2, 0) is 0 Å². The van der Waals surface area contributed by atoms with Gasteiger partial charge in [-0.3, -0.25) is 4.79 Å². The van der Waals surface area contributed by atoms with Gasteiger partial charge in [-0.2, -0.15) is 0 Å². The molecule has 3 N–H and O–H groups in total. The number of rotatable bonds is 5. The van der Waals surface area contributed by atoms with Crippen LogP contribution in [0.15, 0.2) is 24.3 Å². The molecule has 0 aliphatic carbocycles. The number of nitrogens with zero attached hydrogens (tertiary/aromatic N) is 1. The van der Waals surface area contributed by atoms with E-state index in [0.717, 1.165) is 11.1 Å². The second-order valence-corrected chi connectivity index (χ2v) is 7.05. The number of anilines is 3. The predicted octanol–water partition coefficient (Wildman–Crippen LogP) is 3.32. The summed E-state index contributed by atoms with van der Waals surface area (Å²) < 4.78 is 15.5. The Morgan fingerprint density at radius 2 is 1.93 bits per heavy atom. The molecule has 1 aliphatic heterocycles. The Hall–Kier alpha value is -3.48. The van der Waals surface area contributed by atoms with Gasteiger partial charge in [0, 0.05) is 44.0 Å². The van der Waals surface area contributed by atoms with Crippen LogP contribution in [0.5, 0.6) is 0 Å². The summed E-state index contributed by atoms with van der Waals surface area (Å²) in [4.78, 5) is 15.0. The van der Waals surface area contributed by atoms with Crippen molar-refractivity contribution < 1.29 is 9.18 Å². The maximum Gasteiger partial charge on any atom is 0.256 e. The highest BCUT2D eigenvalue weighted by atomic mass is 19.1. The van der Waals surface area contributed by atoms with Gasteiger partial charge >= 0.3 is 0 Å². The first kappa shape index (κ1) is 21.2. The monoisotopic (exact) mass is 404 g/mol. The summed E-state index contributed by atoms with van der Waals surface area (Å²) in [7, 11) is 0. The first-order chi connectivity index (χ1) is 14.5. The van der Waals surface area contributed by atoms with Gasteiger partial charge < -0.3 is 20.9 Å². The molecule has 154 valence electrons. The van der Waals surface area contributed by atoms with Gasteiger partial charge in [-0.05, 0) is 43.7 Å². The number of aryl methyl sites for hydroxylation is 1. The minimum Gasteiger partial charge on any atom is -0.384 e. The highest BCUT2D eigenvalue weighted by molar-refractivity contribution is 6.02. The number of hydrogen-bond acceptors (Lipinski definition) is 4. The molecule has 1 saturated heterocycles. The zero-order chi connectivity index (χ0) is 21.7. The Morgan fingerprint density at radius 1 is 1.20 bits per heavy atom. The molecule has 1 aliphatic rings. The zero-order valence-corrected chi connectivity index (χ0v) is 17.2. The second kappa shape index (κ2) is 9.35. The predicted molar refractivity (Wildman–Crippen MR) is 120 cm³/mol. The van der Waals surface area contributed by atoms with Crippen molar-refractivity contribution in [3.8, 4) is 24.7 Å². The normalized spacial score (nSPS) is 13.3. The number of halogens is 1. The van der Waals surface area contributed by atoms with E-state index in [1.807, 2.05) is 19.9 Å². The first-order valence-corrected chi connectivity index (χ1v) is 9.91. The molecular formula is C24H25FN4O. The van der Waals surface area contributed by atoms with Crippen LogP contribution >= 0.6 is 0 Å². The molecule has 30 heavy (non-hydrogen) atoms. The number of hydrogen-bond donors (Lipinski definition) is 3. The third kappa shape index (κ3) is 4.25. The van der Waals surface area contributed by atoms with Gasteiger partial charge in [0.05, 0.1) is 22.5 Å². The maximum atomic E-state index is 15.5. The molecule has 1 amide bonds. The van der Waals surface area contributed by atoms with Crippen molar-refractivity contribution in [2.45, 2.75) is 13.8 Å². The van der Waals surface area contributed by atoms with Crippen LogP contribution in [-0.4, -0.2) is 43.5 Å². The largest absolute Gasteiger partial charge is 0.384 e. The summed E-state index contributed by atoms with van der Waals surface area (Å²) in [6.07, 6.45) is 11.1. The molecule has 0 spiro atoms. The Balaban J connectivity index is 2.12. The van der Waals surface area contributed by atoms with E-state index < -0.39 is 5.82 Å². The lowest BCUT2D eigenvalue weighted by Gasteiger charge is -2.29. The number of amides is 1. The van der Waals surface area contributed by atoms with Crippen LogP contribution in [0.3, 0.4) is 0 Å². The molecule has 0 saturated carbocycles. The fourth-order valence-corrected chi connectivity index (χ4v) is 3.48. The molecule has 0 unspecified atom stereocenters. The lowest BCUT2D eigenvalue weighted by Crippen LogP contribution is -2.46. The van der Waals surface area contributed by atoms with Gasteiger partial charge in [0.25, 0.3) is 5.91 Å². The molecule has 0 atom stereocenters. The lowest BCUT2D eigenvalue weighted by atomic mass is 10.0. The van der Waals surface area contributed by atoms with Gasteiger partial charge in [-0.15, -0.1) is 12.8 Å². The average Bonchev–Trinajstić information content (AvgIpc) is 2.77. The minimum atomic E-state index is -0.630. The third-order valence-electron chi connectivity index (χ3n) is 5.07. The molecule has 0 radical (unpaired) electrons. The van der Waals surface area contributed by atoms with Crippen molar-refractivity contribution in [2.75, 3.05) is 43.4 Å². The molecule has 0 bridgehead atoms. The van der Waals surface area contributed by atoms with E-state index in [1.165, 1.54) is 0 Å². The fraction of sp³-hybridized carbons (Fsp3) is 0.292. The molecule has 1 fully saturated rings. The van der Waals surface area contributed by atoms with Crippen LogP contribution < -0.4 is 16.0 Å². The summed E-state index contributed by atoms with van der Waals surface area (Å²) >= 11 is 0. The number of terminal acetylenes is 2. The number of carbonyl (C=O) groups excluding carboxylic acids is 1. The van der Waals surface area contributed by atoms with Crippen molar-refractivity contribution in [3.63, 3.8) is 0 Å². The highest BCUT2D eigenvalue weighted by Gasteiger charge is 2.26. The van der Waals surface area contributed by atoms with Crippen LogP contribution in [0.4, 0.5) is 21.5 Å². The van der Waals surface area contributed by atoms with E-state index in [4.69, 9.17) is 12.8 Å². The minimum absolute atomic E-state index is 0.0738. The second-order valence-electron chi connectivity index (χ2n) is 7.05. The number of piperazine rings is 1. The van der Waals surface area contributed by atoms with E-state index in [2.05, 4.69) is 27.8 Å². The van der Waals surface area contributed by atoms with Gasteiger partial charge in [-0.25, -0.2) is 4.39 Å². The molecule has 2 aromatic carbocycles. The molecule has 6 heteroatoms. The quantitative estimate of drug-likeness (QED) is 0.670. The molecule has 2 aromatic rings. The van der Waals surface area contributed by atoms with Crippen LogP contribution in [0.2, 0.25) is 0 Å². The van der Waals surface area contributed by atoms with Gasteiger partial charge in [0.2, 0.25) is 0 Å². The van der Waals surface area contributed by atoms with Crippen molar-refractivity contribution in [1.29, 1.82) is 0 Å². The van der Waals surface area contributed by atoms with Crippen LogP contribution in [0.1, 0.15) is 34.0 Å². The topological polar surface area (TPSA) is 56.4 Å². The lowest BCUT2D eigenvalue weighted by molar-refractivity contribution is 0.0736. The Bertz CT molecular complexity index is 1040. The van der Waals surface area contributed by atoms with Crippen molar-refractivity contribution in [3.05, 3.63) is 52.3 Å². The number of carbonyl (C=O) groups is 1. The maximum absolute atomic E-state index is 15.5. The summed E-state index contributed by atoms with van der Waals surface area (Å²) in [5, 5.41) is 9.38. The van der Waals surface area contributed by atoms with E-state index in [1.54, 1.807) is 23.1 Å². The first-order valence-electron chi connectivity index (χ1n) is 9.91. The summed E-state index contributed by atoms with van der Waals surface area (Å²) in [6, 6.07) is 7.00. The highest BCUT2D eigenvalue weighted by Crippen LogP contribution is 2.34. The van der Waals surface area contributed by atoms with E-state index in [-0.39, 0.29) is 22.7 Å². The number of nitrogens with one attached hydrogen (secondary N) is 3. The van der Waals surface area contributed by atoms with Crippen LogP contribution in [0, 0.1) is 37.4 Å². The van der Waals surface area contributed by atoms with E-state index >= 15 is 4.39 Å². The Kier molecular flexibility index (Phi) is 6.61.